The molecule has 0 spiro atoms. The average molecular weight is 559 g/mol. The number of fused-ring (bicyclic) bond motifs is 1. The van der Waals surface area contributed by atoms with Crippen LogP contribution in [0.4, 0.5) is 10.8 Å². The van der Waals surface area contributed by atoms with Crippen molar-refractivity contribution in [2.24, 2.45) is 0 Å². The number of hydrogen-bond acceptors (Lipinski definition) is 9. The monoisotopic (exact) mass is 558 g/mol. The molecule has 0 aliphatic carbocycles. The summed E-state index contributed by atoms with van der Waals surface area (Å²) in [7, 11) is -3.51. The number of rotatable bonds is 8. The van der Waals surface area contributed by atoms with E-state index in [0.29, 0.717) is 31.7 Å². The molecule has 0 radical (unpaired) electrons. The summed E-state index contributed by atoms with van der Waals surface area (Å²) in [6.45, 7) is 5.47. The topological polar surface area (TPSA) is 129 Å². The second-order valence-corrected chi connectivity index (χ2v) is 12.4. The van der Waals surface area contributed by atoms with Crippen LogP contribution in [-0.2, 0) is 10.0 Å². The number of sulfonamides is 1. The molecule has 2 fully saturated rings. The number of carbonyl (C=O) groups is 1. The zero-order valence-corrected chi connectivity index (χ0v) is 22.5. The Labute approximate surface area is 225 Å². The van der Waals surface area contributed by atoms with Gasteiger partial charge in [0.05, 0.1) is 20.0 Å². The summed E-state index contributed by atoms with van der Waals surface area (Å²) >= 11 is 1.46. The number of piperidine rings is 1. The molecule has 2 aliphatic heterocycles. The summed E-state index contributed by atoms with van der Waals surface area (Å²) in [5, 5.41) is 14.8. The number of non-ortho nitro benzene ring substituents is 1. The summed E-state index contributed by atoms with van der Waals surface area (Å²) in [5.41, 5.74) is 1.26. The van der Waals surface area contributed by atoms with E-state index in [4.69, 9.17) is 0 Å². The summed E-state index contributed by atoms with van der Waals surface area (Å²) < 4.78 is 27.9. The van der Waals surface area contributed by atoms with Crippen LogP contribution in [-0.4, -0.2) is 85.8 Å². The largest absolute Gasteiger partial charge is 0.351 e. The van der Waals surface area contributed by atoms with Crippen molar-refractivity contribution in [3.05, 3.63) is 58.1 Å². The number of nitrogens with one attached hydrogen (secondary N) is 1. The van der Waals surface area contributed by atoms with Crippen molar-refractivity contribution in [1.29, 1.82) is 0 Å². The van der Waals surface area contributed by atoms with Crippen LogP contribution in [0.1, 0.15) is 29.6 Å². The number of hydrogen-bond donors (Lipinski definition) is 1. The minimum atomic E-state index is -3.51. The Hall–Kier alpha value is -3.13. The minimum Gasteiger partial charge on any atom is -0.351 e. The molecule has 0 saturated carbocycles. The van der Waals surface area contributed by atoms with Crippen molar-refractivity contribution in [3.63, 3.8) is 0 Å². The number of piperazine rings is 1. The zero-order valence-electron chi connectivity index (χ0n) is 20.9. The van der Waals surface area contributed by atoms with Crippen LogP contribution in [0.5, 0.6) is 0 Å². The smallest absolute Gasteiger partial charge is 0.270 e. The minimum absolute atomic E-state index is 0.0676. The predicted octanol–water partition coefficient (Wildman–Crippen LogP) is 2.93. The van der Waals surface area contributed by atoms with Gasteiger partial charge in [0.25, 0.3) is 11.6 Å². The number of amides is 1. The highest BCUT2D eigenvalue weighted by Gasteiger charge is 2.26. The third-order valence-corrected chi connectivity index (χ3v) is 9.99. The van der Waals surface area contributed by atoms with Gasteiger partial charge in [-0.3, -0.25) is 19.8 Å². The summed E-state index contributed by atoms with van der Waals surface area (Å²) in [6, 6.07) is 10.9. The molecule has 11 nitrogen and oxygen atoms in total. The fourth-order valence-corrected chi connectivity index (χ4v) is 7.34. The van der Waals surface area contributed by atoms with Gasteiger partial charge < -0.3 is 10.2 Å². The van der Waals surface area contributed by atoms with Gasteiger partial charge in [0, 0.05) is 70.1 Å². The normalized spacial score (nSPS) is 17.5. The highest BCUT2D eigenvalue weighted by molar-refractivity contribution is 7.89. The van der Waals surface area contributed by atoms with Crippen molar-refractivity contribution in [3.8, 4) is 0 Å². The molecule has 5 rings (SSSR count). The van der Waals surface area contributed by atoms with Crippen LogP contribution in [0.15, 0.2) is 47.4 Å². The molecule has 0 unspecified atom stereocenters. The van der Waals surface area contributed by atoms with Crippen molar-refractivity contribution in [2.75, 3.05) is 57.3 Å². The van der Waals surface area contributed by atoms with E-state index in [0.717, 1.165) is 60.8 Å². The molecule has 2 aromatic carbocycles. The van der Waals surface area contributed by atoms with Gasteiger partial charge in [-0.05, 0) is 43.2 Å². The van der Waals surface area contributed by atoms with Gasteiger partial charge >= 0.3 is 0 Å². The van der Waals surface area contributed by atoms with Gasteiger partial charge in [-0.25, -0.2) is 13.4 Å². The lowest BCUT2D eigenvalue weighted by molar-refractivity contribution is -0.384. The number of thiazole rings is 1. The number of benzene rings is 2. The second-order valence-electron chi connectivity index (χ2n) is 9.48. The number of nitrogens with zero attached hydrogens (tertiary/aromatic N) is 5. The summed E-state index contributed by atoms with van der Waals surface area (Å²) in [5.74, 6) is -0.228. The van der Waals surface area contributed by atoms with Crippen LogP contribution in [0.2, 0.25) is 0 Å². The van der Waals surface area contributed by atoms with E-state index < -0.39 is 14.9 Å². The summed E-state index contributed by atoms with van der Waals surface area (Å²) in [4.78, 5) is 32.5. The molecular formula is C25H30N6O5S2. The molecule has 2 aliphatic rings. The van der Waals surface area contributed by atoms with E-state index in [1.807, 2.05) is 0 Å². The number of aromatic nitrogens is 1. The van der Waals surface area contributed by atoms with Crippen LogP contribution in [0.25, 0.3) is 10.2 Å². The van der Waals surface area contributed by atoms with E-state index in [2.05, 4.69) is 20.1 Å². The number of anilines is 1. The standard InChI is InChI=1S/C25H30N6O5S2/c32-24(19-4-7-21(8-5-19)38(35,36)30-11-2-1-3-12-30)26-10-13-28-14-16-29(17-15-28)25-27-22-9-6-20(31(33)34)18-23(22)37-25/h4-9,18H,1-3,10-17H2,(H,26,32). The first-order valence-electron chi connectivity index (χ1n) is 12.7. The molecule has 38 heavy (non-hydrogen) atoms. The van der Waals surface area contributed by atoms with Crippen molar-refractivity contribution < 1.29 is 18.1 Å². The van der Waals surface area contributed by atoms with Crippen LogP contribution in [0.3, 0.4) is 0 Å². The third-order valence-electron chi connectivity index (χ3n) is 7.00. The molecule has 13 heteroatoms. The van der Waals surface area contributed by atoms with E-state index in [1.54, 1.807) is 24.3 Å². The third kappa shape index (κ3) is 5.80. The maximum absolute atomic E-state index is 12.8. The van der Waals surface area contributed by atoms with Crippen molar-refractivity contribution in [1.82, 2.24) is 19.5 Å². The number of nitro groups is 1. The fourth-order valence-electron chi connectivity index (χ4n) is 4.77. The molecule has 0 bridgehead atoms. The Bertz CT molecular complexity index is 1410. The molecule has 1 aromatic heterocycles. The first-order valence-corrected chi connectivity index (χ1v) is 15.0. The van der Waals surface area contributed by atoms with Crippen molar-refractivity contribution >= 4 is 48.3 Å². The van der Waals surface area contributed by atoms with E-state index in [9.17, 15) is 23.3 Å². The maximum atomic E-state index is 12.8. The Morgan fingerprint density at radius 2 is 1.71 bits per heavy atom. The maximum Gasteiger partial charge on any atom is 0.270 e. The van der Waals surface area contributed by atoms with Gasteiger partial charge in [0.2, 0.25) is 10.0 Å². The summed E-state index contributed by atoms with van der Waals surface area (Å²) in [6.07, 6.45) is 2.81. The molecule has 3 aromatic rings. The molecule has 202 valence electrons. The average Bonchev–Trinajstić information content (AvgIpc) is 3.37. The van der Waals surface area contributed by atoms with Gasteiger partial charge in [-0.15, -0.1) is 0 Å². The quantitative estimate of drug-likeness (QED) is 0.330. The molecular weight excluding hydrogens is 528 g/mol. The first kappa shape index (κ1) is 26.5. The lowest BCUT2D eigenvalue weighted by Gasteiger charge is -2.34. The SMILES string of the molecule is O=C(NCCN1CCN(c2nc3ccc([N+](=O)[O-])cc3s2)CC1)c1ccc(S(=O)(=O)N2CCCCC2)cc1. The highest BCUT2D eigenvalue weighted by Crippen LogP contribution is 2.31. The fraction of sp³-hybridized carbons (Fsp3) is 0.440. The van der Waals surface area contributed by atoms with E-state index in [-0.39, 0.29) is 16.5 Å². The first-order chi connectivity index (χ1) is 18.3. The van der Waals surface area contributed by atoms with Gasteiger partial charge in [0.15, 0.2) is 5.13 Å². The Kier molecular flexibility index (Phi) is 7.88. The molecule has 3 heterocycles. The van der Waals surface area contributed by atoms with Crippen LogP contribution < -0.4 is 10.2 Å². The van der Waals surface area contributed by atoms with Gasteiger partial charge in [-0.2, -0.15) is 4.31 Å². The van der Waals surface area contributed by atoms with Crippen LogP contribution >= 0.6 is 11.3 Å². The number of nitro benzene ring substituents is 1. The van der Waals surface area contributed by atoms with E-state index >= 15 is 0 Å². The highest BCUT2D eigenvalue weighted by atomic mass is 32.2. The van der Waals surface area contributed by atoms with Crippen LogP contribution in [0, 0.1) is 10.1 Å². The molecule has 1 amide bonds. The Morgan fingerprint density at radius 1 is 1.00 bits per heavy atom. The lowest BCUT2D eigenvalue weighted by Crippen LogP contribution is -2.48. The Balaban J connectivity index is 1.08. The van der Waals surface area contributed by atoms with Gasteiger partial charge in [0.1, 0.15) is 0 Å². The molecule has 1 N–H and O–H groups in total. The molecule has 0 atom stereocenters. The molecule has 2 saturated heterocycles. The Morgan fingerprint density at radius 3 is 2.39 bits per heavy atom. The zero-order chi connectivity index (χ0) is 26.7. The number of carbonyl (C=O) groups excluding carboxylic acids is 1. The predicted molar refractivity (Wildman–Crippen MR) is 146 cm³/mol. The van der Waals surface area contributed by atoms with Crippen molar-refractivity contribution in [2.45, 2.75) is 24.2 Å². The lowest BCUT2D eigenvalue weighted by atomic mass is 10.2. The second kappa shape index (κ2) is 11.3. The van der Waals surface area contributed by atoms with E-state index in [1.165, 1.54) is 33.8 Å². The van der Waals surface area contributed by atoms with Gasteiger partial charge in [-0.1, -0.05) is 17.8 Å².